The van der Waals surface area contributed by atoms with Crippen LogP contribution in [0.25, 0.3) is 0 Å². The highest BCUT2D eigenvalue weighted by atomic mass is 32.2. The van der Waals surface area contributed by atoms with E-state index >= 15 is 0 Å². The molecule has 10 heteroatoms. The van der Waals surface area contributed by atoms with Gasteiger partial charge in [-0.3, -0.25) is 0 Å². The van der Waals surface area contributed by atoms with E-state index in [1.165, 1.54) is 12.1 Å². The lowest BCUT2D eigenvalue weighted by molar-refractivity contribution is -0.159. The van der Waals surface area contributed by atoms with Crippen molar-refractivity contribution in [2.75, 3.05) is 6.61 Å². The molecule has 0 aliphatic rings. The molecule has 0 bridgehead atoms. The first-order chi connectivity index (χ1) is 10.6. The van der Waals surface area contributed by atoms with Crippen LogP contribution >= 0.6 is 0 Å². The van der Waals surface area contributed by atoms with Gasteiger partial charge >= 0.3 is 17.1 Å². The Kier molecular flexibility index (Phi) is 6.48. The second-order valence-electron chi connectivity index (χ2n) is 4.61. The van der Waals surface area contributed by atoms with Gasteiger partial charge in [-0.25, -0.2) is 17.6 Å². The van der Waals surface area contributed by atoms with Gasteiger partial charge in [-0.15, -0.1) is 0 Å². The quantitative estimate of drug-likeness (QED) is 0.335. The average molecular weight is 360 g/mol. The molecule has 0 heterocycles. The Balaban J connectivity index is 2.40. The molecule has 0 unspecified atom stereocenters. The third kappa shape index (κ3) is 5.15. The summed E-state index contributed by atoms with van der Waals surface area (Å²) in [6, 6.07) is 4.59. The molecule has 0 spiro atoms. The van der Waals surface area contributed by atoms with Crippen molar-refractivity contribution >= 4 is 16.7 Å². The van der Waals surface area contributed by atoms with E-state index in [9.17, 15) is 35.2 Å². The number of halogens is 5. The Morgan fingerprint density at radius 2 is 1.78 bits per heavy atom. The van der Waals surface area contributed by atoms with Crippen LogP contribution in [0.4, 0.5) is 22.0 Å². The standard InChI is InChI=1S/C13H13F5O4S/c14-10-5-3-4-9(8-10)11(19)22-7-2-1-6-12(15,16)13(17,18)23(20)21/h3-5,8,23H,1-2,6-7H2. The zero-order valence-electron chi connectivity index (χ0n) is 11.6. The number of unbranched alkanes of at least 4 members (excludes halogenated alkanes) is 1. The molecule has 0 aliphatic heterocycles. The highest BCUT2D eigenvalue weighted by Gasteiger charge is 2.58. The average Bonchev–Trinajstić information content (AvgIpc) is 2.46. The topological polar surface area (TPSA) is 60.4 Å². The fourth-order valence-corrected chi connectivity index (χ4v) is 1.98. The first kappa shape index (κ1) is 19.3. The fourth-order valence-electron chi connectivity index (χ4n) is 1.60. The molecule has 1 aromatic carbocycles. The Bertz CT molecular complexity index is 623. The summed E-state index contributed by atoms with van der Waals surface area (Å²) in [6.07, 6.45) is -2.04. The highest BCUT2D eigenvalue weighted by Crippen LogP contribution is 2.38. The van der Waals surface area contributed by atoms with E-state index < -0.39 is 46.5 Å². The molecule has 23 heavy (non-hydrogen) atoms. The molecular weight excluding hydrogens is 347 g/mol. The van der Waals surface area contributed by atoms with Gasteiger partial charge in [-0.2, -0.15) is 17.6 Å². The Labute approximate surface area is 130 Å². The van der Waals surface area contributed by atoms with Crippen LogP contribution in [0.15, 0.2) is 24.3 Å². The molecular formula is C13H13F5O4S. The molecule has 0 fully saturated rings. The molecule has 1 aromatic rings. The second-order valence-corrected chi connectivity index (χ2v) is 5.68. The van der Waals surface area contributed by atoms with Gasteiger partial charge in [0.1, 0.15) is 5.82 Å². The van der Waals surface area contributed by atoms with Gasteiger partial charge in [-0.1, -0.05) is 6.07 Å². The lowest BCUT2D eigenvalue weighted by Gasteiger charge is -2.21. The van der Waals surface area contributed by atoms with E-state index in [2.05, 4.69) is 4.74 Å². The third-order valence-electron chi connectivity index (χ3n) is 2.85. The molecule has 0 radical (unpaired) electrons. The summed E-state index contributed by atoms with van der Waals surface area (Å²) in [5, 5.41) is -5.12. The van der Waals surface area contributed by atoms with Gasteiger partial charge in [0.2, 0.25) is 10.7 Å². The zero-order valence-corrected chi connectivity index (χ0v) is 12.5. The number of ether oxygens (including phenoxy) is 1. The van der Waals surface area contributed by atoms with E-state index in [1.807, 2.05) is 0 Å². The summed E-state index contributed by atoms with van der Waals surface area (Å²) in [4.78, 5) is 11.5. The van der Waals surface area contributed by atoms with Crippen molar-refractivity contribution in [3.63, 3.8) is 0 Å². The summed E-state index contributed by atoms with van der Waals surface area (Å²) in [5.74, 6) is -6.24. The summed E-state index contributed by atoms with van der Waals surface area (Å²) in [5.41, 5.74) is -0.0785. The SMILES string of the molecule is O=C(OCCCCC(F)(F)C(F)(F)[SH](=O)=O)c1cccc(F)c1. The first-order valence-electron chi connectivity index (χ1n) is 6.41. The molecule has 0 atom stereocenters. The van der Waals surface area contributed by atoms with Crippen molar-refractivity contribution in [2.45, 2.75) is 30.4 Å². The van der Waals surface area contributed by atoms with Crippen molar-refractivity contribution in [3.8, 4) is 0 Å². The molecule has 0 saturated carbocycles. The van der Waals surface area contributed by atoms with E-state index in [4.69, 9.17) is 0 Å². The highest BCUT2D eigenvalue weighted by molar-refractivity contribution is 7.73. The maximum atomic E-state index is 13.1. The second kappa shape index (κ2) is 7.71. The molecule has 1 rings (SSSR count). The van der Waals surface area contributed by atoms with Crippen molar-refractivity contribution in [1.82, 2.24) is 0 Å². The predicted octanol–water partition coefficient (Wildman–Crippen LogP) is 2.99. The summed E-state index contributed by atoms with van der Waals surface area (Å²) in [6.45, 7) is -0.347. The van der Waals surface area contributed by atoms with E-state index in [0.29, 0.717) is 0 Å². The van der Waals surface area contributed by atoms with Crippen molar-refractivity contribution in [2.24, 2.45) is 0 Å². The number of hydrogen-bond acceptors (Lipinski definition) is 4. The van der Waals surface area contributed by atoms with Gasteiger partial charge in [0.05, 0.1) is 12.2 Å². The molecule has 0 aliphatic carbocycles. The van der Waals surface area contributed by atoms with Crippen LogP contribution in [-0.2, 0) is 15.4 Å². The number of benzene rings is 1. The molecule has 0 saturated heterocycles. The van der Waals surface area contributed by atoms with E-state index in [1.54, 1.807) is 0 Å². The van der Waals surface area contributed by atoms with Gasteiger partial charge in [0.15, 0.2) is 0 Å². The molecule has 130 valence electrons. The number of hydrogen-bond donors (Lipinski definition) is 1. The predicted molar refractivity (Wildman–Crippen MR) is 70.7 cm³/mol. The zero-order chi connectivity index (χ0) is 17.7. The maximum absolute atomic E-state index is 13.1. The summed E-state index contributed by atoms with van der Waals surface area (Å²) in [7, 11) is -4.60. The number of carbonyl (C=O) groups is 1. The van der Waals surface area contributed by atoms with Gasteiger partial charge in [0.25, 0.3) is 0 Å². The minimum absolute atomic E-state index is 0.0785. The molecule has 0 N–H and O–H groups in total. The van der Waals surface area contributed by atoms with Gasteiger partial charge in [-0.05, 0) is 31.0 Å². The largest absolute Gasteiger partial charge is 0.462 e. The number of esters is 1. The fraction of sp³-hybridized carbons (Fsp3) is 0.462. The number of rotatable bonds is 8. The maximum Gasteiger partial charge on any atom is 0.404 e. The van der Waals surface area contributed by atoms with Crippen LogP contribution in [0.5, 0.6) is 0 Å². The summed E-state index contributed by atoms with van der Waals surface area (Å²) >= 11 is 0. The number of thiol groups is 1. The molecule has 4 nitrogen and oxygen atoms in total. The Morgan fingerprint density at radius 3 is 2.35 bits per heavy atom. The van der Waals surface area contributed by atoms with Crippen molar-refractivity contribution in [3.05, 3.63) is 35.6 Å². The van der Waals surface area contributed by atoms with Crippen LogP contribution in [0.3, 0.4) is 0 Å². The van der Waals surface area contributed by atoms with E-state index in [-0.39, 0.29) is 18.6 Å². The lowest BCUT2D eigenvalue weighted by atomic mass is 10.1. The van der Waals surface area contributed by atoms with Crippen LogP contribution in [-0.4, -0.2) is 32.2 Å². The third-order valence-corrected chi connectivity index (χ3v) is 3.63. The normalized spacial score (nSPS) is 12.4. The van der Waals surface area contributed by atoms with Crippen LogP contribution < -0.4 is 0 Å². The van der Waals surface area contributed by atoms with Gasteiger partial charge < -0.3 is 4.74 Å². The minimum Gasteiger partial charge on any atom is -0.462 e. The van der Waals surface area contributed by atoms with Gasteiger partial charge in [0, 0.05) is 6.42 Å². The monoisotopic (exact) mass is 360 g/mol. The van der Waals surface area contributed by atoms with Crippen LogP contribution in [0.2, 0.25) is 0 Å². The van der Waals surface area contributed by atoms with E-state index in [0.717, 1.165) is 12.1 Å². The van der Waals surface area contributed by atoms with Crippen molar-refractivity contribution < 1.29 is 39.9 Å². The lowest BCUT2D eigenvalue weighted by Crippen LogP contribution is -2.41. The number of carbonyl (C=O) groups excluding carboxylic acids is 1. The molecule has 0 aromatic heterocycles. The van der Waals surface area contributed by atoms with Crippen LogP contribution in [0.1, 0.15) is 29.6 Å². The number of alkyl halides is 4. The first-order valence-corrected chi connectivity index (χ1v) is 7.58. The van der Waals surface area contributed by atoms with Crippen LogP contribution in [0, 0.1) is 5.82 Å². The Morgan fingerprint density at radius 1 is 1.13 bits per heavy atom. The minimum atomic E-state index is -5.12. The molecule has 0 amide bonds. The smallest absolute Gasteiger partial charge is 0.404 e. The van der Waals surface area contributed by atoms with Crippen molar-refractivity contribution in [1.29, 1.82) is 0 Å². The summed E-state index contributed by atoms with van der Waals surface area (Å²) < 4.78 is 89.5. The Hall–Kier alpha value is -1.71.